The SMILES string of the molecule is CCOCCC(N)COC(C)C. The molecule has 0 saturated carbocycles. The van der Waals surface area contributed by atoms with Gasteiger partial charge in [0.05, 0.1) is 12.7 Å². The van der Waals surface area contributed by atoms with Gasteiger partial charge in [-0.3, -0.25) is 0 Å². The third-order valence-corrected chi connectivity index (χ3v) is 1.48. The molecule has 0 heterocycles. The molecule has 0 amide bonds. The van der Waals surface area contributed by atoms with Crippen LogP contribution in [0.3, 0.4) is 0 Å². The maximum atomic E-state index is 5.76. The van der Waals surface area contributed by atoms with Crippen molar-refractivity contribution < 1.29 is 9.47 Å². The van der Waals surface area contributed by atoms with E-state index in [9.17, 15) is 0 Å². The van der Waals surface area contributed by atoms with Crippen LogP contribution in [0, 0.1) is 0 Å². The van der Waals surface area contributed by atoms with E-state index >= 15 is 0 Å². The van der Waals surface area contributed by atoms with Crippen LogP contribution in [0.5, 0.6) is 0 Å². The first kappa shape index (κ1) is 11.9. The highest BCUT2D eigenvalue weighted by Gasteiger charge is 2.03. The molecule has 0 aliphatic rings. The van der Waals surface area contributed by atoms with Gasteiger partial charge in [0.15, 0.2) is 0 Å². The molecule has 1 unspecified atom stereocenters. The summed E-state index contributed by atoms with van der Waals surface area (Å²) in [5.74, 6) is 0. The lowest BCUT2D eigenvalue weighted by molar-refractivity contribution is 0.0576. The minimum absolute atomic E-state index is 0.110. The van der Waals surface area contributed by atoms with Crippen molar-refractivity contribution in [1.29, 1.82) is 0 Å². The van der Waals surface area contributed by atoms with Crippen LogP contribution in [0.15, 0.2) is 0 Å². The molecule has 0 aromatic carbocycles. The topological polar surface area (TPSA) is 44.5 Å². The number of ether oxygens (including phenoxy) is 2. The molecule has 74 valence electrons. The molecule has 0 aliphatic carbocycles. The fourth-order valence-corrected chi connectivity index (χ4v) is 0.778. The van der Waals surface area contributed by atoms with Crippen LogP contribution in [0.4, 0.5) is 0 Å². The van der Waals surface area contributed by atoms with Gasteiger partial charge in [0, 0.05) is 19.3 Å². The second-order valence-electron chi connectivity index (χ2n) is 3.13. The maximum absolute atomic E-state index is 5.76. The van der Waals surface area contributed by atoms with Gasteiger partial charge in [0.25, 0.3) is 0 Å². The number of hydrogen-bond acceptors (Lipinski definition) is 3. The third-order valence-electron chi connectivity index (χ3n) is 1.48. The average molecular weight is 175 g/mol. The minimum Gasteiger partial charge on any atom is -0.382 e. The molecule has 3 heteroatoms. The van der Waals surface area contributed by atoms with Gasteiger partial charge in [-0.15, -0.1) is 0 Å². The summed E-state index contributed by atoms with van der Waals surface area (Å²) in [5, 5.41) is 0. The largest absolute Gasteiger partial charge is 0.382 e. The summed E-state index contributed by atoms with van der Waals surface area (Å²) in [7, 11) is 0. The van der Waals surface area contributed by atoms with Crippen molar-refractivity contribution >= 4 is 0 Å². The van der Waals surface area contributed by atoms with E-state index in [-0.39, 0.29) is 12.1 Å². The van der Waals surface area contributed by atoms with Crippen LogP contribution < -0.4 is 5.73 Å². The molecule has 1 atom stereocenters. The molecular formula is C9H21NO2. The first-order valence-electron chi connectivity index (χ1n) is 4.61. The lowest BCUT2D eigenvalue weighted by Crippen LogP contribution is -2.29. The second-order valence-corrected chi connectivity index (χ2v) is 3.13. The van der Waals surface area contributed by atoms with Crippen molar-refractivity contribution in [3.8, 4) is 0 Å². The van der Waals surface area contributed by atoms with Crippen LogP contribution in [-0.4, -0.2) is 32.0 Å². The fraction of sp³-hybridized carbons (Fsp3) is 1.00. The highest BCUT2D eigenvalue weighted by molar-refractivity contribution is 4.59. The molecule has 2 N–H and O–H groups in total. The summed E-state index contributed by atoms with van der Waals surface area (Å²) in [6.07, 6.45) is 1.14. The van der Waals surface area contributed by atoms with E-state index in [0.29, 0.717) is 6.61 Å². The van der Waals surface area contributed by atoms with Gasteiger partial charge < -0.3 is 15.2 Å². The van der Waals surface area contributed by atoms with Crippen molar-refractivity contribution in [3.05, 3.63) is 0 Å². The monoisotopic (exact) mass is 175 g/mol. The molecule has 0 rings (SSSR count). The average Bonchev–Trinajstić information content (AvgIpc) is 2.01. The summed E-state index contributed by atoms with van der Waals surface area (Å²) >= 11 is 0. The molecule has 0 aliphatic heterocycles. The highest BCUT2D eigenvalue weighted by Crippen LogP contribution is 1.94. The Hall–Kier alpha value is -0.120. The van der Waals surface area contributed by atoms with Crippen molar-refractivity contribution in [1.82, 2.24) is 0 Å². The number of rotatable bonds is 7. The molecule has 0 bridgehead atoms. The summed E-state index contributed by atoms with van der Waals surface area (Å²) in [4.78, 5) is 0. The smallest absolute Gasteiger partial charge is 0.0621 e. The molecule has 12 heavy (non-hydrogen) atoms. The molecule has 0 aromatic rings. The molecule has 0 spiro atoms. The number of nitrogens with two attached hydrogens (primary N) is 1. The van der Waals surface area contributed by atoms with E-state index in [4.69, 9.17) is 15.2 Å². The molecular weight excluding hydrogens is 154 g/mol. The van der Waals surface area contributed by atoms with Crippen LogP contribution in [0.25, 0.3) is 0 Å². The van der Waals surface area contributed by atoms with Crippen molar-refractivity contribution in [2.24, 2.45) is 5.73 Å². The Balaban J connectivity index is 3.15. The highest BCUT2D eigenvalue weighted by atomic mass is 16.5. The van der Waals surface area contributed by atoms with Gasteiger partial charge in [-0.2, -0.15) is 0 Å². The quantitative estimate of drug-likeness (QED) is 0.591. The second kappa shape index (κ2) is 7.53. The first-order valence-corrected chi connectivity index (χ1v) is 4.61. The van der Waals surface area contributed by atoms with E-state index in [1.165, 1.54) is 0 Å². The van der Waals surface area contributed by atoms with Gasteiger partial charge in [-0.25, -0.2) is 0 Å². The van der Waals surface area contributed by atoms with Gasteiger partial charge >= 0.3 is 0 Å². The molecule has 0 radical (unpaired) electrons. The Morgan fingerprint density at radius 3 is 2.50 bits per heavy atom. The zero-order chi connectivity index (χ0) is 9.40. The van der Waals surface area contributed by atoms with Gasteiger partial charge in [-0.1, -0.05) is 0 Å². The van der Waals surface area contributed by atoms with Crippen LogP contribution in [0.1, 0.15) is 27.2 Å². The molecule has 0 fully saturated rings. The molecule has 3 nitrogen and oxygen atoms in total. The lowest BCUT2D eigenvalue weighted by atomic mass is 10.2. The van der Waals surface area contributed by atoms with E-state index in [2.05, 4.69) is 0 Å². The summed E-state index contributed by atoms with van der Waals surface area (Å²) < 4.78 is 10.5. The zero-order valence-electron chi connectivity index (χ0n) is 8.38. The molecule has 0 aromatic heterocycles. The summed E-state index contributed by atoms with van der Waals surface area (Å²) in [5.41, 5.74) is 5.76. The fourth-order valence-electron chi connectivity index (χ4n) is 0.778. The standard InChI is InChI=1S/C9H21NO2/c1-4-11-6-5-9(10)7-12-8(2)3/h8-9H,4-7,10H2,1-3H3. The first-order chi connectivity index (χ1) is 5.66. The third kappa shape index (κ3) is 7.98. The normalized spacial score (nSPS) is 13.8. The lowest BCUT2D eigenvalue weighted by Gasteiger charge is -2.13. The van der Waals surface area contributed by atoms with Crippen molar-refractivity contribution in [2.75, 3.05) is 19.8 Å². The predicted octanol–water partition coefficient (Wildman–Crippen LogP) is 1.17. The summed E-state index contributed by atoms with van der Waals surface area (Å²) in [6, 6.07) is 0.110. The van der Waals surface area contributed by atoms with Crippen molar-refractivity contribution in [2.45, 2.75) is 39.3 Å². The predicted molar refractivity (Wildman–Crippen MR) is 50.2 cm³/mol. The van der Waals surface area contributed by atoms with E-state index < -0.39 is 0 Å². The van der Waals surface area contributed by atoms with Gasteiger partial charge in [-0.05, 0) is 27.2 Å². The zero-order valence-corrected chi connectivity index (χ0v) is 8.38. The number of hydrogen-bond donors (Lipinski definition) is 1. The Labute approximate surface area is 75.2 Å². The Bertz CT molecular complexity index is 96.5. The Morgan fingerprint density at radius 1 is 1.33 bits per heavy atom. The minimum atomic E-state index is 0.110. The Kier molecular flexibility index (Phi) is 7.45. The van der Waals surface area contributed by atoms with Gasteiger partial charge in [0.1, 0.15) is 0 Å². The van der Waals surface area contributed by atoms with E-state index in [1.807, 2.05) is 20.8 Å². The van der Waals surface area contributed by atoms with Crippen LogP contribution >= 0.6 is 0 Å². The molecule has 0 saturated heterocycles. The van der Waals surface area contributed by atoms with Crippen molar-refractivity contribution in [3.63, 3.8) is 0 Å². The maximum Gasteiger partial charge on any atom is 0.0621 e. The van der Waals surface area contributed by atoms with E-state index in [0.717, 1.165) is 19.6 Å². The summed E-state index contributed by atoms with van der Waals surface area (Å²) in [6.45, 7) is 8.13. The Morgan fingerprint density at radius 2 is 2.00 bits per heavy atom. The van der Waals surface area contributed by atoms with Crippen LogP contribution in [0.2, 0.25) is 0 Å². The van der Waals surface area contributed by atoms with E-state index in [1.54, 1.807) is 0 Å². The van der Waals surface area contributed by atoms with Gasteiger partial charge in [0.2, 0.25) is 0 Å². The van der Waals surface area contributed by atoms with Crippen LogP contribution in [-0.2, 0) is 9.47 Å².